The first kappa shape index (κ1) is 19.2. The molecule has 0 saturated carbocycles. The number of halogens is 1. The van der Waals surface area contributed by atoms with E-state index >= 15 is 0 Å². The number of amides is 1. The fourth-order valence-corrected chi connectivity index (χ4v) is 3.39. The molecule has 0 aliphatic heterocycles. The highest BCUT2D eigenvalue weighted by molar-refractivity contribution is 7.99. The Kier molecular flexibility index (Phi) is 5.98. The number of nitrogens with zero attached hydrogens (tertiary/aromatic N) is 2. The van der Waals surface area contributed by atoms with E-state index in [1.807, 2.05) is 44.2 Å². The van der Waals surface area contributed by atoms with E-state index in [2.05, 4.69) is 10.3 Å². The van der Waals surface area contributed by atoms with Gasteiger partial charge in [0, 0.05) is 28.8 Å². The number of aryl methyl sites for hydroxylation is 2. The third kappa shape index (κ3) is 4.78. The second kappa shape index (κ2) is 8.41. The van der Waals surface area contributed by atoms with Crippen molar-refractivity contribution >= 4 is 35.0 Å². The lowest BCUT2D eigenvalue weighted by Gasteiger charge is -2.09. The summed E-state index contributed by atoms with van der Waals surface area (Å²) in [5.41, 5.74) is 3.15. The molecular weight excluding hydrogens is 382 g/mol. The van der Waals surface area contributed by atoms with Crippen molar-refractivity contribution in [1.82, 2.24) is 9.55 Å². The summed E-state index contributed by atoms with van der Waals surface area (Å²) in [4.78, 5) is 29.1. The van der Waals surface area contributed by atoms with Crippen molar-refractivity contribution in [2.45, 2.75) is 18.9 Å². The van der Waals surface area contributed by atoms with Crippen molar-refractivity contribution in [1.29, 1.82) is 0 Å². The van der Waals surface area contributed by atoms with Gasteiger partial charge in [-0.3, -0.25) is 14.2 Å². The van der Waals surface area contributed by atoms with Gasteiger partial charge in [0.15, 0.2) is 5.03 Å². The van der Waals surface area contributed by atoms with Crippen LogP contribution in [0.5, 0.6) is 0 Å². The second-order valence-electron chi connectivity index (χ2n) is 6.04. The van der Waals surface area contributed by atoms with Crippen molar-refractivity contribution in [3.8, 4) is 5.69 Å². The zero-order valence-electron chi connectivity index (χ0n) is 14.9. The van der Waals surface area contributed by atoms with Gasteiger partial charge in [0.05, 0.1) is 5.75 Å². The highest BCUT2D eigenvalue weighted by atomic mass is 35.5. The first-order chi connectivity index (χ1) is 12.9. The largest absolute Gasteiger partial charge is 0.325 e. The maximum Gasteiger partial charge on any atom is 0.287 e. The fourth-order valence-electron chi connectivity index (χ4n) is 2.52. The Labute approximate surface area is 166 Å². The van der Waals surface area contributed by atoms with Crippen LogP contribution in [0.3, 0.4) is 0 Å². The number of rotatable bonds is 5. The van der Waals surface area contributed by atoms with E-state index in [0.717, 1.165) is 28.6 Å². The molecule has 1 amide bonds. The van der Waals surface area contributed by atoms with Crippen molar-refractivity contribution < 1.29 is 4.79 Å². The Morgan fingerprint density at radius 1 is 1.22 bits per heavy atom. The van der Waals surface area contributed by atoms with Crippen LogP contribution in [0.4, 0.5) is 5.69 Å². The number of hydrogen-bond acceptors (Lipinski definition) is 4. The fraction of sp³-hybridized carbons (Fsp3) is 0.150. The predicted octanol–water partition coefficient (Wildman–Crippen LogP) is 4.23. The quantitative estimate of drug-likeness (QED) is 0.652. The average molecular weight is 400 g/mol. The van der Waals surface area contributed by atoms with Crippen LogP contribution in [0, 0.1) is 13.8 Å². The van der Waals surface area contributed by atoms with E-state index in [9.17, 15) is 9.59 Å². The molecule has 0 unspecified atom stereocenters. The molecule has 0 bridgehead atoms. The number of carbonyl (C=O) groups is 1. The van der Waals surface area contributed by atoms with E-state index in [1.54, 1.807) is 24.5 Å². The molecule has 3 aromatic rings. The summed E-state index contributed by atoms with van der Waals surface area (Å²) in [6, 6.07) is 12.9. The SMILES string of the molecule is Cc1cccc(-n2ccnc(SCC(=O)Nc3cc(Cl)ccc3C)c2=O)c1. The first-order valence-electron chi connectivity index (χ1n) is 8.27. The summed E-state index contributed by atoms with van der Waals surface area (Å²) < 4.78 is 1.53. The normalized spacial score (nSPS) is 10.6. The van der Waals surface area contributed by atoms with Crippen LogP contribution >= 0.6 is 23.4 Å². The Bertz CT molecular complexity index is 1050. The van der Waals surface area contributed by atoms with Crippen LogP contribution in [0.1, 0.15) is 11.1 Å². The summed E-state index contributed by atoms with van der Waals surface area (Å²) >= 11 is 7.08. The Morgan fingerprint density at radius 3 is 2.81 bits per heavy atom. The summed E-state index contributed by atoms with van der Waals surface area (Å²) in [5, 5.41) is 3.64. The van der Waals surface area contributed by atoms with Gasteiger partial charge in [0.2, 0.25) is 5.91 Å². The van der Waals surface area contributed by atoms with Crippen molar-refractivity contribution in [2.24, 2.45) is 0 Å². The molecule has 1 N–H and O–H groups in total. The van der Waals surface area contributed by atoms with E-state index in [1.165, 1.54) is 4.57 Å². The molecule has 0 aliphatic rings. The van der Waals surface area contributed by atoms with Gasteiger partial charge in [-0.25, -0.2) is 4.98 Å². The van der Waals surface area contributed by atoms with Crippen LogP contribution in [-0.2, 0) is 4.79 Å². The van der Waals surface area contributed by atoms with Crippen LogP contribution in [-0.4, -0.2) is 21.2 Å². The van der Waals surface area contributed by atoms with Crippen LogP contribution < -0.4 is 10.9 Å². The molecule has 0 saturated heterocycles. The van der Waals surface area contributed by atoms with Gasteiger partial charge in [0.1, 0.15) is 0 Å². The van der Waals surface area contributed by atoms with E-state index in [-0.39, 0.29) is 22.2 Å². The zero-order valence-corrected chi connectivity index (χ0v) is 16.5. The third-order valence-corrected chi connectivity index (χ3v) is 5.10. The lowest BCUT2D eigenvalue weighted by molar-refractivity contribution is -0.113. The molecule has 0 atom stereocenters. The molecule has 3 rings (SSSR count). The standard InChI is InChI=1S/C20H18ClN3O2S/c1-13-4-3-5-16(10-13)24-9-8-22-19(20(24)26)27-12-18(25)23-17-11-15(21)7-6-14(17)2/h3-11H,12H2,1-2H3,(H,23,25). The lowest BCUT2D eigenvalue weighted by atomic mass is 10.2. The van der Waals surface area contributed by atoms with Gasteiger partial charge in [-0.1, -0.05) is 41.6 Å². The van der Waals surface area contributed by atoms with Crippen LogP contribution in [0.15, 0.2) is 64.7 Å². The van der Waals surface area contributed by atoms with E-state index in [0.29, 0.717) is 10.7 Å². The average Bonchev–Trinajstić information content (AvgIpc) is 2.64. The highest BCUT2D eigenvalue weighted by Crippen LogP contribution is 2.21. The van der Waals surface area contributed by atoms with Gasteiger partial charge < -0.3 is 5.32 Å². The molecule has 1 heterocycles. The maximum atomic E-state index is 12.7. The summed E-state index contributed by atoms with van der Waals surface area (Å²) in [7, 11) is 0. The van der Waals surface area contributed by atoms with E-state index in [4.69, 9.17) is 11.6 Å². The maximum absolute atomic E-state index is 12.7. The first-order valence-corrected chi connectivity index (χ1v) is 9.64. The Morgan fingerprint density at radius 2 is 2.04 bits per heavy atom. The molecule has 0 radical (unpaired) electrons. The van der Waals surface area contributed by atoms with Gasteiger partial charge in [0.25, 0.3) is 5.56 Å². The number of benzene rings is 2. The molecule has 7 heteroatoms. The molecule has 2 aromatic carbocycles. The molecule has 0 spiro atoms. The van der Waals surface area contributed by atoms with Crippen LogP contribution in [0.2, 0.25) is 5.02 Å². The molecule has 0 fully saturated rings. The minimum atomic E-state index is -0.250. The van der Waals surface area contributed by atoms with Crippen molar-refractivity contribution in [3.63, 3.8) is 0 Å². The van der Waals surface area contributed by atoms with Gasteiger partial charge >= 0.3 is 0 Å². The summed E-state index contributed by atoms with van der Waals surface area (Å²) in [6.07, 6.45) is 3.18. The molecule has 0 aliphatic carbocycles. The molecular formula is C20H18ClN3O2S. The Balaban J connectivity index is 1.73. The zero-order chi connectivity index (χ0) is 19.4. The monoisotopic (exact) mass is 399 g/mol. The predicted molar refractivity (Wildman–Crippen MR) is 110 cm³/mol. The van der Waals surface area contributed by atoms with Crippen LogP contribution in [0.25, 0.3) is 5.69 Å². The number of thioether (sulfide) groups is 1. The lowest BCUT2D eigenvalue weighted by Crippen LogP contribution is -2.22. The van der Waals surface area contributed by atoms with Gasteiger partial charge in [-0.15, -0.1) is 0 Å². The van der Waals surface area contributed by atoms with E-state index < -0.39 is 0 Å². The minimum Gasteiger partial charge on any atom is -0.325 e. The number of aromatic nitrogens is 2. The Hall–Kier alpha value is -2.57. The van der Waals surface area contributed by atoms with Crippen molar-refractivity contribution in [3.05, 3.63) is 81.4 Å². The molecule has 138 valence electrons. The minimum absolute atomic E-state index is 0.0754. The smallest absolute Gasteiger partial charge is 0.287 e. The number of carbonyl (C=O) groups excluding carboxylic acids is 1. The van der Waals surface area contributed by atoms with Gasteiger partial charge in [-0.05, 0) is 49.2 Å². The molecule has 1 aromatic heterocycles. The molecule has 27 heavy (non-hydrogen) atoms. The highest BCUT2D eigenvalue weighted by Gasteiger charge is 2.11. The number of anilines is 1. The van der Waals surface area contributed by atoms with Crippen molar-refractivity contribution in [2.75, 3.05) is 11.1 Å². The number of hydrogen-bond donors (Lipinski definition) is 1. The molecule has 5 nitrogen and oxygen atoms in total. The number of nitrogens with one attached hydrogen (secondary N) is 1. The summed E-state index contributed by atoms with van der Waals surface area (Å²) in [6.45, 7) is 3.85. The second-order valence-corrected chi connectivity index (χ2v) is 7.44. The third-order valence-electron chi connectivity index (χ3n) is 3.90. The topological polar surface area (TPSA) is 64.0 Å². The van der Waals surface area contributed by atoms with Gasteiger partial charge in [-0.2, -0.15) is 0 Å². The summed E-state index contributed by atoms with van der Waals surface area (Å²) in [5.74, 6) is -0.149.